The van der Waals surface area contributed by atoms with Gasteiger partial charge in [0, 0.05) is 13.0 Å². The molecule has 4 nitrogen and oxygen atoms in total. The van der Waals surface area contributed by atoms with Crippen LogP contribution in [0.1, 0.15) is 6.42 Å². The van der Waals surface area contributed by atoms with E-state index in [1.54, 1.807) is 4.90 Å². The maximum absolute atomic E-state index is 11.6. The number of anilines is 1. The maximum Gasteiger partial charge on any atom is 0.232 e. The molecular weight excluding hydrogens is 234 g/mol. The van der Waals surface area contributed by atoms with Gasteiger partial charge in [-0.25, -0.2) is 9.97 Å². The normalized spacial score (nSPS) is 21.1. The minimum absolute atomic E-state index is 0.0522. The van der Waals surface area contributed by atoms with Gasteiger partial charge in [-0.05, 0) is 11.7 Å². The zero-order valence-corrected chi connectivity index (χ0v) is 9.58. The third-order valence-electron chi connectivity index (χ3n) is 2.31. The molecule has 0 radical (unpaired) electrons. The Morgan fingerprint density at radius 1 is 1.53 bits per heavy atom. The van der Waals surface area contributed by atoms with Gasteiger partial charge in [-0.1, -0.05) is 11.6 Å². The molecule has 0 spiro atoms. The van der Waals surface area contributed by atoms with Crippen molar-refractivity contribution in [3.05, 3.63) is 17.4 Å². The van der Waals surface area contributed by atoms with Crippen molar-refractivity contribution >= 4 is 36.1 Å². The minimum atomic E-state index is 0.0522. The number of amides is 1. The molecular formula is C9H10ClN3OS. The molecule has 0 N–H and O–H groups in total. The van der Waals surface area contributed by atoms with Crippen molar-refractivity contribution in [3.8, 4) is 0 Å². The van der Waals surface area contributed by atoms with Crippen LogP contribution in [-0.2, 0) is 4.79 Å². The smallest absolute Gasteiger partial charge is 0.232 e. The summed E-state index contributed by atoms with van der Waals surface area (Å²) in [6, 6.07) is 0. The molecule has 1 saturated heterocycles. The summed E-state index contributed by atoms with van der Waals surface area (Å²) < 4.78 is 0. The number of hydrogen-bond acceptors (Lipinski definition) is 4. The molecule has 6 heteroatoms. The van der Waals surface area contributed by atoms with Crippen LogP contribution in [0.5, 0.6) is 0 Å². The molecule has 2 heterocycles. The second-order valence-electron chi connectivity index (χ2n) is 3.46. The standard InChI is InChI=1S/C9H10ClN3OS/c10-7-2-11-9(12-3-7)13-4-6(5-15)1-8(13)14/h2-3,6,15H,1,4-5H2. The van der Waals surface area contributed by atoms with Crippen LogP contribution in [0.25, 0.3) is 0 Å². The number of rotatable bonds is 2. The Labute approximate surface area is 98.1 Å². The summed E-state index contributed by atoms with van der Waals surface area (Å²) in [4.78, 5) is 21.2. The Morgan fingerprint density at radius 3 is 2.73 bits per heavy atom. The molecule has 2 rings (SSSR count). The molecule has 80 valence electrons. The Hall–Kier alpha value is -0.810. The SMILES string of the molecule is O=C1CC(CS)CN1c1ncc(Cl)cn1. The van der Waals surface area contributed by atoms with Crippen molar-refractivity contribution in [2.24, 2.45) is 5.92 Å². The van der Waals surface area contributed by atoms with E-state index >= 15 is 0 Å². The van der Waals surface area contributed by atoms with Crippen LogP contribution in [-0.4, -0.2) is 28.2 Å². The van der Waals surface area contributed by atoms with Crippen molar-refractivity contribution in [1.29, 1.82) is 0 Å². The second-order valence-corrected chi connectivity index (χ2v) is 4.26. The first kappa shape index (κ1) is 10.7. The first-order valence-corrected chi connectivity index (χ1v) is 5.60. The van der Waals surface area contributed by atoms with Crippen molar-refractivity contribution in [2.75, 3.05) is 17.2 Å². The monoisotopic (exact) mass is 243 g/mol. The molecule has 1 atom stereocenters. The molecule has 1 aliphatic heterocycles. The maximum atomic E-state index is 11.6. The highest BCUT2D eigenvalue weighted by Gasteiger charge is 2.31. The first-order chi connectivity index (χ1) is 7.20. The van der Waals surface area contributed by atoms with Gasteiger partial charge < -0.3 is 0 Å². The summed E-state index contributed by atoms with van der Waals surface area (Å²) >= 11 is 9.85. The average Bonchev–Trinajstić information content (AvgIpc) is 2.61. The summed E-state index contributed by atoms with van der Waals surface area (Å²) in [5, 5.41) is 0.469. The Balaban J connectivity index is 2.18. The van der Waals surface area contributed by atoms with Crippen LogP contribution in [0.3, 0.4) is 0 Å². The number of carbonyl (C=O) groups excluding carboxylic acids is 1. The predicted octanol–water partition coefficient (Wildman–Crippen LogP) is 1.41. The lowest BCUT2D eigenvalue weighted by atomic mass is 10.1. The number of thiol groups is 1. The lowest BCUT2D eigenvalue weighted by Crippen LogP contribution is -2.26. The van der Waals surface area contributed by atoms with Crippen molar-refractivity contribution in [3.63, 3.8) is 0 Å². The summed E-state index contributed by atoms with van der Waals surface area (Å²) in [7, 11) is 0. The van der Waals surface area contributed by atoms with Crippen molar-refractivity contribution in [1.82, 2.24) is 9.97 Å². The van der Waals surface area contributed by atoms with E-state index in [2.05, 4.69) is 22.6 Å². The average molecular weight is 244 g/mol. The summed E-state index contributed by atoms with van der Waals surface area (Å²) in [6.07, 6.45) is 3.51. The van der Waals surface area contributed by atoms with Gasteiger partial charge >= 0.3 is 0 Å². The van der Waals surface area contributed by atoms with E-state index in [4.69, 9.17) is 11.6 Å². The molecule has 1 fully saturated rings. The quantitative estimate of drug-likeness (QED) is 0.799. The van der Waals surface area contributed by atoms with E-state index in [1.807, 2.05) is 0 Å². The fourth-order valence-electron chi connectivity index (χ4n) is 1.54. The molecule has 0 aromatic carbocycles. The Kier molecular flexibility index (Phi) is 3.11. The zero-order valence-electron chi connectivity index (χ0n) is 7.93. The number of carbonyl (C=O) groups is 1. The topological polar surface area (TPSA) is 46.1 Å². The zero-order chi connectivity index (χ0) is 10.8. The van der Waals surface area contributed by atoms with Gasteiger partial charge in [0.25, 0.3) is 0 Å². The highest BCUT2D eigenvalue weighted by molar-refractivity contribution is 7.80. The fourth-order valence-corrected chi connectivity index (χ4v) is 1.88. The number of aromatic nitrogens is 2. The first-order valence-electron chi connectivity index (χ1n) is 4.59. The van der Waals surface area contributed by atoms with Crippen LogP contribution >= 0.6 is 24.2 Å². The molecule has 1 amide bonds. The predicted molar refractivity (Wildman–Crippen MR) is 61.4 cm³/mol. The number of hydrogen-bond donors (Lipinski definition) is 1. The molecule has 0 bridgehead atoms. The van der Waals surface area contributed by atoms with Crippen molar-refractivity contribution in [2.45, 2.75) is 6.42 Å². The molecule has 0 saturated carbocycles. The largest absolute Gasteiger partial charge is 0.280 e. The van der Waals surface area contributed by atoms with Gasteiger partial charge in [-0.2, -0.15) is 12.6 Å². The number of halogens is 1. The van der Waals surface area contributed by atoms with Crippen LogP contribution in [0.2, 0.25) is 5.02 Å². The van der Waals surface area contributed by atoms with E-state index in [-0.39, 0.29) is 5.91 Å². The van der Waals surface area contributed by atoms with Gasteiger partial charge in [0.05, 0.1) is 17.4 Å². The minimum Gasteiger partial charge on any atom is -0.280 e. The third kappa shape index (κ3) is 2.23. The van der Waals surface area contributed by atoms with E-state index in [9.17, 15) is 4.79 Å². The lowest BCUT2D eigenvalue weighted by Gasteiger charge is -2.13. The summed E-state index contributed by atoms with van der Waals surface area (Å²) in [6.45, 7) is 0.643. The molecule has 1 unspecified atom stereocenters. The highest BCUT2D eigenvalue weighted by atomic mass is 35.5. The molecule has 1 aliphatic rings. The van der Waals surface area contributed by atoms with Crippen LogP contribution in [0, 0.1) is 5.92 Å². The molecule has 15 heavy (non-hydrogen) atoms. The number of nitrogens with zero attached hydrogens (tertiary/aromatic N) is 3. The van der Waals surface area contributed by atoms with Crippen LogP contribution in [0.4, 0.5) is 5.95 Å². The van der Waals surface area contributed by atoms with Gasteiger partial charge in [-0.15, -0.1) is 0 Å². The van der Waals surface area contributed by atoms with Gasteiger partial charge in [0.2, 0.25) is 11.9 Å². The Bertz CT molecular complexity index is 370. The lowest BCUT2D eigenvalue weighted by molar-refractivity contribution is -0.117. The van der Waals surface area contributed by atoms with E-state index in [1.165, 1.54) is 12.4 Å². The third-order valence-corrected chi connectivity index (χ3v) is 3.02. The van der Waals surface area contributed by atoms with Crippen LogP contribution in [0.15, 0.2) is 12.4 Å². The highest BCUT2D eigenvalue weighted by Crippen LogP contribution is 2.22. The van der Waals surface area contributed by atoms with Gasteiger partial charge in [0.1, 0.15) is 0 Å². The Morgan fingerprint density at radius 2 is 2.20 bits per heavy atom. The van der Waals surface area contributed by atoms with E-state index in [0.717, 1.165) is 0 Å². The van der Waals surface area contributed by atoms with E-state index in [0.29, 0.717) is 35.6 Å². The van der Waals surface area contributed by atoms with Crippen LogP contribution < -0.4 is 4.90 Å². The van der Waals surface area contributed by atoms with Gasteiger partial charge in [0.15, 0.2) is 0 Å². The summed E-state index contributed by atoms with van der Waals surface area (Å²) in [5.41, 5.74) is 0. The fraction of sp³-hybridized carbons (Fsp3) is 0.444. The molecule has 0 aliphatic carbocycles. The van der Waals surface area contributed by atoms with Gasteiger partial charge in [-0.3, -0.25) is 9.69 Å². The second kappa shape index (κ2) is 4.37. The van der Waals surface area contributed by atoms with E-state index < -0.39 is 0 Å². The molecule has 1 aromatic heterocycles. The molecule has 1 aromatic rings. The van der Waals surface area contributed by atoms with Crippen molar-refractivity contribution < 1.29 is 4.79 Å². The summed E-state index contributed by atoms with van der Waals surface area (Å²) in [5.74, 6) is 1.47.